The van der Waals surface area contributed by atoms with Gasteiger partial charge < -0.3 is 4.74 Å². The second kappa shape index (κ2) is 7.08. The highest BCUT2D eigenvalue weighted by molar-refractivity contribution is 7.90. The third kappa shape index (κ3) is 4.59. The number of pyridine rings is 1. The minimum absolute atomic E-state index is 0.144. The zero-order chi connectivity index (χ0) is 16.0. The number of aromatic nitrogens is 3. The SMILES string of the molecule is COC(=O)CCS(=O)(=O)C[n+]1ccc(-c2ncccn2)cc1. The third-order valence-corrected chi connectivity index (χ3v) is 4.42. The van der Waals surface area contributed by atoms with Gasteiger partial charge in [0.05, 0.1) is 19.3 Å². The maximum absolute atomic E-state index is 11.9. The number of hydrogen-bond donors (Lipinski definition) is 0. The van der Waals surface area contributed by atoms with Crippen LogP contribution in [0.5, 0.6) is 0 Å². The van der Waals surface area contributed by atoms with Crippen molar-refractivity contribution in [1.82, 2.24) is 9.97 Å². The molecule has 2 rings (SSSR count). The van der Waals surface area contributed by atoms with Crippen LogP contribution in [0.3, 0.4) is 0 Å². The number of esters is 1. The van der Waals surface area contributed by atoms with E-state index in [-0.39, 0.29) is 18.1 Å². The van der Waals surface area contributed by atoms with E-state index in [0.29, 0.717) is 5.82 Å². The second-order valence-electron chi connectivity index (χ2n) is 4.58. The van der Waals surface area contributed by atoms with Crippen molar-refractivity contribution in [2.45, 2.75) is 12.3 Å². The van der Waals surface area contributed by atoms with Gasteiger partial charge in [-0.2, -0.15) is 4.57 Å². The largest absolute Gasteiger partial charge is 0.469 e. The van der Waals surface area contributed by atoms with Gasteiger partial charge in [0.25, 0.3) is 0 Å². The number of sulfone groups is 1. The minimum Gasteiger partial charge on any atom is -0.469 e. The van der Waals surface area contributed by atoms with Gasteiger partial charge in [0.2, 0.25) is 15.7 Å². The number of nitrogens with zero attached hydrogens (tertiary/aromatic N) is 3. The molecule has 0 aromatic carbocycles. The van der Waals surface area contributed by atoms with Crippen LogP contribution >= 0.6 is 0 Å². The van der Waals surface area contributed by atoms with Gasteiger partial charge in [-0.05, 0) is 6.07 Å². The van der Waals surface area contributed by atoms with E-state index in [9.17, 15) is 13.2 Å². The maximum atomic E-state index is 11.9. The van der Waals surface area contributed by atoms with Gasteiger partial charge in [0.1, 0.15) is 0 Å². The molecule has 0 saturated carbocycles. The lowest BCUT2D eigenvalue weighted by atomic mass is 10.2. The molecule has 2 heterocycles. The van der Waals surface area contributed by atoms with Gasteiger partial charge in [0, 0.05) is 30.1 Å². The molecule has 116 valence electrons. The molecule has 0 spiro atoms. The van der Waals surface area contributed by atoms with Crippen molar-refractivity contribution in [3.63, 3.8) is 0 Å². The molecule has 0 N–H and O–H groups in total. The highest BCUT2D eigenvalue weighted by Gasteiger charge is 2.19. The van der Waals surface area contributed by atoms with Crippen LogP contribution in [0.15, 0.2) is 43.0 Å². The number of methoxy groups -OCH3 is 1. The molecule has 0 amide bonds. The number of carbonyl (C=O) groups excluding carboxylic acids is 1. The van der Waals surface area contributed by atoms with Gasteiger partial charge in [-0.15, -0.1) is 0 Å². The molecule has 0 unspecified atom stereocenters. The molecule has 0 fully saturated rings. The Bertz CT molecular complexity index is 730. The lowest BCUT2D eigenvalue weighted by Gasteiger charge is -2.02. The van der Waals surface area contributed by atoms with E-state index in [0.717, 1.165) is 5.56 Å². The number of rotatable bonds is 6. The third-order valence-electron chi connectivity index (χ3n) is 2.91. The molecule has 0 aliphatic carbocycles. The second-order valence-corrected chi connectivity index (χ2v) is 6.73. The summed E-state index contributed by atoms with van der Waals surface area (Å²) in [5, 5.41) is 0. The lowest BCUT2D eigenvalue weighted by molar-refractivity contribution is -0.677. The van der Waals surface area contributed by atoms with Gasteiger partial charge >= 0.3 is 5.97 Å². The first-order valence-corrected chi connectivity index (χ1v) is 8.36. The van der Waals surface area contributed by atoms with Gasteiger partial charge in [0.15, 0.2) is 18.2 Å². The zero-order valence-electron chi connectivity index (χ0n) is 12.0. The van der Waals surface area contributed by atoms with E-state index in [2.05, 4.69) is 14.7 Å². The Balaban J connectivity index is 2.03. The van der Waals surface area contributed by atoms with Gasteiger partial charge in [-0.3, -0.25) is 4.79 Å². The summed E-state index contributed by atoms with van der Waals surface area (Å²) in [6, 6.07) is 5.21. The van der Waals surface area contributed by atoms with Crippen LogP contribution in [0.2, 0.25) is 0 Å². The van der Waals surface area contributed by atoms with Crippen LogP contribution in [-0.4, -0.2) is 37.2 Å². The molecular formula is C14H16N3O4S+. The van der Waals surface area contributed by atoms with Crippen molar-refractivity contribution < 1.29 is 22.5 Å². The van der Waals surface area contributed by atoms with Crippen LogP contribution in [0.4, 0.5) is 0 Å². The summed E-state index contributed by atoms with van der Waals surface area (Å²) in [7, 11) is -2.16. The van der Waals surface area contributed by atoms with Crippen LogP contribution in [0.1, 0.15) is 6.42 Å². The zero-order valence-corrected chi connectivity index (χ0v) is 12.9. The molecule has 8 heteroatoms. The first kappa shape index (κ1) is 16.0. The maximum Gasteiger partial charge on any atom is 0.306 e. The molecule has 0 aliphatic heterocycles. The Labute approximate surface area is 128 Å². The predicted molar refractivity (Wildman–Crippen MR) is 78.1 cm³/mol. The Hall–Kier alpha value is -2.35. The Morgan fingerprint density at radius 1 is 1.23 bits per heavy atom. The van der Waals surface area contributed by atoms with E-state index in [1.807, 2.05) is 0 Å². The standard InChI is InChI=1S/C14H16N3O4S/c1-21-13(18)5-10-22(19,20)11-17-8-3-12(4-9-17)14-15-6-2-7-16-14/h2-4,6-9H,5,10-11H2,1H3/q+1. The lowest BCUT2D eigenvalue weighted by Crippen LogP contribution is -2.38. The molecule has 7 nitrogen and oxygen atoms in total. The van der Waals surface area contributed by atoms with Crippen LogP contribution in [-0.2, 0) is 25.2 Å². The Morgan fingerprint density at radius 3 is 2.45 bits per heavy atom. The smallest absolute Gasteiger partial charge is 0.306 e. The van der Waals surface area contributed by atoms with Crippen LogP contribution in [0, 0.1) is 0 Å². The highest BCUT2D eigenvalue weighted by Crippen LogP contribution is 2.10. The summed E-state index contributed by atoms with van der Waals surface area (Å²) in [6.45, 7) is 0. The molecule has 22 heavy (non-hydrogen) atoms. The van der Waals surface area contributed by atoms with Crippen molar-refractivity contribution in [2.24, 2.45) is 0 Å². The summed E-state index contributed by atoms with van der Waals surface area (Å²) in [4.78, 5) is 19.2. The van der Waals surface area contributed by atoms with E-state index in [1.165, 1.54) is 11.7 Å². The molecule has 0 bridgehead atoms. The van der Waals surface area contributed by atoms with Crippen LogP contribution in [0.25, 0.3) is 11.4 Å². The normalized spacial score (nSPS) is 11.1. The minimum atomic E-state index is -3.39. The summed E-state index contributed by atoms with van der Waals surface area (Å²) < 4.78 is 29.8. The van der Waals surface area contributed by atoms with Gasteiger partial charge in [-0.1, -0.05) is 0 Å². The molecule has 0 saturated heterocycles. The average molecular weight is 322 g/mol. The summed E-state index contributed by atoms with van der Waals surface area (Å²) >= 11 is 0. The topological polar surface area (TPSA) is 90.1 Å². The van der Waals surface area contributed by atoms with Crippen molar-refractivity contribution in [1.29, 1.82) is 0 Å². The van der Waals surface area contributed by atoms with Crippen molar-refractivity contribution in [3.8, 4) is 11.4 Å². The molecular weight excluding hydrogens is 306 g/mol. The molecule has 0 atom stereocenters. The Morgan fingerprint density at radius 2 is 1.86 bits per heavy atom. The number of carbonyl (C=O) groups is 1. The van der Waals surface area contributed by atoms with Crippen molar-refractivity contribution in [2.75, 3.05) is 12.9 Å². The fraction of sp³-hybridized carbons (Fsp3) is 0.286. The monoisotopic (exact) mass is 322 g/mol. The van der Waals surface area contributed by atoms with Crippen molar-refractivity contribution >= 4 is 15.8 Å². The summed E-state index contributed by atoms with van der Waals surface area (Å²) in [5.41, 5.74) is 0.795. The van der Waals surface area contributed by atoms with E-state index >= 15 is 0 Å². The Kier molecular flexibility index (Phi) is 5.16. The molecule has 0 radical (unpaired) electrons. The highest BCUT2D eigenvalue weighted by atomic mass is 32.2. The fourth-order valence-corrected chi connectivity index (χ4v) is 3.01. The fourth-order valence-electron chi connectivity index (χ4n) is 1.77. The molecule has 0 aliphatic rings. The average Bonchev–Trinajstić information content (AvgIpc) is 2.54. The first-order valence-electron chi connectivity index (χ1n) is 6.54. The summed E-state index contributed by atoms with van der Waals surface area (Å²) in [6.07, 6.45) is 6.42. The van der Waals surface area contributed by atoms with Crippen molar-refractivity contribution in [3.05, 3.63) is 43.0 Å². The predicted octanol–water partition coefficient (Wildman–Crippen LogP) is 0.367. The van der Waals surface area contributed by atoms with Gasteiger partial charge in [-0.25, -0.2) is 18.4 Å². The quantitative estimate of drug-likeness (QED) is 0.564. The number of ether oxygens (including phenoxy) is 1. The van der Waals surface area contributed by atoms with E-state index < -0.39 is 15.8 Å². The van der Waals surface area contributed by atoms with Crippen LogP contribution < -0.4 is 4.57 Å². The van der Waals surface area contributed by atoms with E-state index in [1.54, 1.807) is 43.0 Å². The molecule has 2 aromatic rings. The summed E-state index contributed by atoms with van der Waals surface area (Å²) in [5.74, 6) is -0.399. The first-order chi connectivity index (χ1) is 10.5. The number of hydrogen-bond acceptors (Lipinski definition) is 6. The van der Waals surface area contributed by atoms with E-state index in [4.69, 9.17) is 0 Å². The molecule has 2 aromatic heterocycles.